The molecule has 0 saturated heterocycles. The van der Waals surface area contributed by atoms with Gasteiger partial charge in [0.1, 0.15) is 16.1 Å². The summed E-state index contributed by atoms with van der Waals surface area (Å²) in [6.45, 7) is 4.02. The molecule has 0 amide bonds. The van der Waals surface area contributed by atoms with Crippen LogP contribution in [0, 0.1) is 6.92 Å². The molecule has 1 atom stereocenters. The minimum absolute atomic E-state index is 0.218. The monoisotopic (exact) mass is 424 g/mol. The lowest BCUT2D eigenvalue weighted by atomic mass is 10.2. The summed E-state index contributed by atoms with van der Waals surface area (Å²) >= 11 is 7.25. The van der Waals surface area contributed by atoms with E-state index in [1.807, 2.05) is 13.8 Å². The van der Waals surface area contributed by atoms with Crippen molar-refractivity contribution in [3.05, 3.63) is 46.4 Å². The van der Waals surface area contributed by atoms with Crippen molar-refractivity contribution in [2.45, 2.75) is 30.6 Å². The van der Waals surface area contributed by atoms with Crippen LogP contribution in [0.25, 0.3) is 11.3 Å². The quantitative estimate of drug-likeness (QED) is 0.605. The molecule has 2 aromatic heterocycles. The van der Waals surface area contributed by atoms with E-state index in [9.17, 15) is 8.42 Å². The van der Waals surface area contributed by atoms with Crippen molar-refractivity contribution in [2.24, 2.45) is 0 Å². The van der Waals surface area contributed by atoms with Gasteiger partial charge in [0.2, 0.25) is 0 Å². The van der Waals surface area contributed by atoms with Crippen molar-refractivity contribution in [3.63, 3.8) is 0 Å². The number of ether oxygens (including phenoxy) is 1. The lowest BCUT2D eigenvalue weighted by Crippen LogP contribution is -2.43. The van der Waals surface area contributed by atoms with Crippen LogP contribution in [-0.2, 0) is 10.0 Å². The minimum atomic E-state index is -3.76. The van der Waals surface area contributed by atoms with Gasteiger partial charge in [-0.25, -0.2) is 8.42 Å². The number of nitrogens with zero attached hydrogens (tertiary/aromatic N) is 2. The smallest absolute Gasteiger partial charge is 0.274 e. The molecule has 9 heteroatoms. The zero-order valence-corrected chi connectivity index (χ0v) is 17.1. The third-order valence-electron chi connectivity index (χ3n) is 4.34. The third-order valence-corrected chi connectivity index (χ3v) is 7.77. The lowest BCUT2D eigenvalue weighted by Gasteiger charge is -2.34. The molecule has 0 radical (unpaired) electrons. The Morgan fingerprint density at radius 1 is 1.33 bits per heavy atom. The fraction of sp³-hybridized carbons (Fsp3) is 0.278. The van der Waals surface area contributed by atoms with Gasteiger partial charge in [-0.05, 0) is 37.6 Å². The first-order chi connectivity index (χ1) is 12.9. The van der Waals surface area contributed by atoms with Gasteiger partial charge in [-0.2, -0.15) is 0 Å². The van der Waals surface area contributed by atoms with E-state index in [2.05, 4.69) is 5.16 Å². The topological polar surface area (TPSA) is 72.6 Å². The molecule has 3 heterocycles. The standard InChI is InChI=1S/C18H17ClN2O4S2/c1-3-14-9-21(15-8-13(19)4-5-16(15)24-14)27(22,23)18-7-12(10-26-18)17-6-11(2)20-25-17/h4-8,10,14H,3,9H2,1-2H3/t14-/m0/s1. The summed E-state index contributed by atoms with van der Waals surface area (Å²) in [5.74, 6) is 1.06. The molecule has 6 nitrogen and oxygen atoms in total. The largest absolute Gasteiger partial charge is 0.486 e. The number of hydrogen-bond donors (Lipinski definition) is 0. The predicted octanol–water partition coefficient (Wildman–Crippen LogP) is 4.73. The molecule has 0 fully saturated rings. The number of halogens is 1. The van der Waals surface area contributed by atoms with E-state index in [1.54, 1.807) is 35.7 Å². The lowest BCUT2D eigenvalue weighted by molar-refractivity contribution is 0.196. The molecule has 3 aromatic rings. The van der Waals surface area contributed by atoms with Crippen molar-refractivity contribution in [2.75, 3.05) is 10.8 Å². The summed E-state index contributed by atoms with van der Waals surface area (Å²) in [6.07, 6.45) is 0.478. The van der Waals surface area contributed by atoms with Gasteiger partial charge in [0, 0.05) is 22.0 Å². The van der Waals surface area contributed by atoms with Crippen molar-refractivity contribution < 1.29 is 17.7 Å². The van der Waals surface area contributed by atoms with Crippen LogP contribution in [-0.4, -0.2) is 26.2 Å². The van der Waals surface area contributed by atoms with Crippen LogP contribution in [0.1, 0.15) is 19.0 Å². The Morgan fingerprint density at radius 2 is 2.15 bits per heavy atom. The number of aromatic nitrogens is 1. The second-order valence-corrected chi connectivity index (χ2v) is 9.72. The molecule has 4 rings (SSSR count). The molecule has 0 aliphatic carbocycles. The second kappa shape index (κ2) is 6.85. The van der Waals surface area contributed by atoms with Gasteiger partial charge in [0.25, 0.3) is 10.0 Å². The van der Waals surface area contributed by atoms with E-state index in [1.165, 1.54) is 4.31 Å². The van der Waals surface area contributed by atoms with Gasteiger partial charge in [0.15, 0.2) is 5.76 Å². The molecular formula is C18H17ClN2O4S2. The number of sulfonamides is 1. The Labute approximate surface area is 166 Å². The summed E-state index contributed by atoms with van der Waals surface area (Å²) < 4.78 is 39.5. The zero-order valence-electron chi connectivity index (χ0n) is 14.7. The van der Waals surface area contributed by atoms with Crippen molar-refractivity contribution in [3.8, 4) is 17.1 Å². The van der Waals surface area contributed by atoms with Gasteiger partial charge in [0.05, 0.1) is 17.9 Å². The summed E-state index contributed by atoms with van der Waals surface area (Å²) in [6, 6.07) is 8.41. The SMILES string of the molecule is CC[C@H]1CN(S(=O)(=O)c2cc(-c3cc(C)no3)cs2)c2cc(Cl)ccc2O1. The maximum absolute atomic E-state index is 13.4. The van der Waals surface area contributed by atoms with Crippen LogP contribution in [0.5, 0.6) is 5.75 Å². The fourth-order valence-corrected chi connectivity index (χ4v) is 5.86. The van der Waals surface area contributed by atoms with Crippen molar-refractivity contribution in [1.82, 2.24) is 5.16 Å². The molecule has 0 unspecified atom stereocenters. The highest BCUT2D eigenvalue weighted by atomic mass is 35.5. The molecule has 1 aliphatic heterocycles. The first-order valence-corrected chi connectivity index (χ1v) is 11.1. The second-order valence-electron chi connectivity index (χ2n) is 6.28. The maximum Gasteiger partial charge on any atom is 0.274 e. The van der Waals surface area contributed by atoms with Crippen LogP contribution >= 0.6 is 22.9 Å². The number of aryl methyl sites for hydroxylation is 1. The number of fused-ring (bicyclic) bond motifs is 1. The van der Waals surface area contributed by atoms with Gasteiger partial charge in [-0.15, -0.1) is 11.3 Å². The molecule has 1 aliphatic rings. The van der Waals surface area contributed by atoms with Crippen LogP contribution in [0.15, 0.2) is 44.4 Å². The average molecular weight is 425 g/mol. The first-order valence-electron chi connectivity index (χ1n) is 8.39. The van der Waals surface area contributed by atoms with Gasteiger partial charge in [-0.1, -0.05) is 23.7 Å². The highest BCUT2D eigenvalue weighted by Crippen LogP contribution is 2.40. The highest BCUT2D eigenvalue weighted by Gasteiger charge is 2.35. The van der Waals surface area contributed by atoms with Gasteiger partial charge in [-0.3, -0.25) is 4.31 Å². The number of benzene rings is 1. The fourth-order valence-electron chi connectivity index (χ4n) is 2.91. The van der Waals surface area contributed by atoms with Crippen molar-refractivity contribution >= 4 is 38.6 Å². The van der Waals surface area contributed by atoms with E-state index < -0.39 is 10.0 Å². The Hall–Kier alpha value is -2.03. The Morgan fingerprint density at radius 3 is 2.85 bits per heavy atom. The Bertz CT molecular complexity index is 1090. The molecule has 0 N–H and O–H groups in total. The van der Waals surface area contributed by atoms with E-state index in [0.717, 1.165) is 17.0 Å². The predicted molar refractivity (Wildman–Crippen MR) is 105 cm³/mol. The van der Waals surface area contributed by atoms with Gasteiger partial charge < -0.3 is 9.26 Å². The molecule has 27 heavy (non-hydrogen) atoms. The van der Waals surface area contributed by atoms with Crippen LogP contribution in [0.4, 0.5) is 5.69 Å². The first kappa shape index (κ1) is 18.3. The number of hydrogen-bond acceptors (Lipinski definition) is 6. The third kappa shape index (κ3) is 3.33. The van der Waals surface area contributed by atoms with Crippen LogP contribution in [0.2, 0.25) is 5.02 Å². The van der Waals surface area contributed by atoms with Gasteiger partial charge >= 0.3 is 0 Å². The Kier molecular flexibility index (Phi) is 4.65. The minimum Gasteiger partial charge on any atom is -0.486 e. The molecule has 0 spiro atoms. The Balaban J connectivity index is 1.76. The van der Waals surface area contributed by atoms with Crippen LogP contribution < -0.4 is 9.04 Å². The summed E-state index contributed by atoms with van der Waals surface area (Å²) in [7, 11) is -3.76. The zero-order chi connectivity index (χ0) is 19.2. The number of thiophene rings is 1. The number of anilines is 1. The average Bonchev–Trinajstić information content (AvgIpc) is 3.30. The van der Waals surface area contributed by atoms with Crippen LogP contribution in [0.3, 0.4) is 0 Å². The van der Waals surface area contributed by atoms with E-state index in [4.69, 9.17) is 20.9 Å². The van der Waals surface area contributed by atoms with Crippen molar-refractivity contribution in [1.29, 1.82) is 0 Å². The highest BCUT2D eigenvalue weighted by molar-refractivity contribution is 7.94. The molecular weight excluding hydrogens is 408 g/mol. The normalized spacial score (nSPS) is 16.9. The van der Waals surface area contributed by atoms with E-state index in [0.29, 0.717) is 34.2 Å². The molecule has 142 valence electrons. The summed E-state index contributed by atoms with van der Waals surface area (Å²) in [5.41, 5.74) is 1.88. The summed E-state index contributed by atoms with van der Waals surface area (Å²) in [5, 5.41) is 6.06. The number of rotatable bonds is 4. The maximum atomic E-state index is 13.4. The molecule has 0 saturated carbocycles. The molecule has 1 aromatic carbocycles. The summed E-state index contributed by atoms with van der Waals surface area (Å²) in [4.78, 5) is 0. The molecule has 0 bridgehead atoms. The van der Waals surface area contributed by atoms with E-state index in [-0.39, 0.29) is 16.9 Å². The van der Waals surface area contributed by atoms with E-state index >= 15 is 0 Å².